The molecular formula is C22H19N5O5. The summed E-state index contributed by atoms with van der Waals surface area (Å²) in [6.45, 7) is 1.90. The number of nitrogens with zero attached hydrogens (tertiary/aromatic N) is 4. The molecule has 1 aliphatic rings. The highest BCUT2D eigenvalue weighted by molar-refractivity contribution is 6.21. The number of imide groups is 1. The molecule has 1 aliphatic heterocycles. The number of carbonyl (C=O) groups is 3. The van der Waals surface area contributed by atoms with Crippen LogP contribution < -0.4 is 5.32 Å². The quantitative estimate of drug-likeness (QED) is 0.346. The van der Waals surface area contributed by atoms with Gasteiger partial charge in [-0.1, -0.05) is 12.1 Å². The lowest BCUT2D eigenvalue weighted by Crippen LogP contribution is -2.31. The highest BCUT2D eigenvalue weighted by atomic mass is 16.6. The SMILES string of the molecule is Cc1cc(NC(=O)CCCN2C(=O)c3ccccc3C2=O)n(-c2ccc([N+](=O)[O-])cc2)n1. The third kappa shape index (κ3) is 3.97. The molecule has 10 heteroatoms. The van der Waals surface area contributed by atoms with E-state index in [2.05, 4.69) is 10.4 Å². The smallest absolute Gasteiger partial charge is 0.269 e. The van der Waals surface area contributed by atoms with E-state index in [-0.39, 0.29) is 36.4 Å². The molecule has 0 bridgehead atoms. The Labute approximate surface area is 182 Å². The molecule has 0 spiro atoms. The molecule has 2 heterocycles. The van der Waals surface area contributed by atoms with Gasteiger partial charge in [0.15, 0.2) is 0 Å². The fourth-order valence-electron chi connectivity index (χ4n) is 3.55. The molecule has 2 aromatic carbocycles. The van der Waals surface area contributed by atoms with Crippen LogP contribution in [0.4, 0.5) is 11.5 Å². The summed E-state index contributed by atoms with van der Waals surface area (Å²) in [5, 5.41) is 17.9. The van der Waals surface area contributed by atoms with Crippen LogP contribution in [-0.4, -0.2) is 43.9 Å². The predicted molar refractivity (Wildman–Crippen MR) is 115 cm³/mol. The summed E-state index contributed by atoms with van der Waals surface area (Å²) in [6.07, 6.45) is 0.403. The second-order valence-corrected chi connectivity index (χ2v) is 7.32. The van der Waals surface area contributed by atoms with Gasteiger partial charge in [-0.2, -0.15) is 5.10 Å². The molecule has 0 fully saturated rings. The molecular weight excluding hydrogens is 414 g/mol. The van der Waals surface area contributed by atoms with Crippen molar-refractivity contribution in [2.75, 3.05) is 11.9 Å². The zero-order chi connectivity index (χ0) is 22.8. The Balaban J connectivity index is 1.38. The number of hydrogen-bond donors (Lipinski definition) is 1. The van der Waals surface area contributed by atoms with Gasteiger partial charge in [-0.3, -0.25) is 29.4 Å². The Morgan fingerprint density at radius 1 is 1.06 bits per heavy atom. The first-order valence-electron chi connectivity index (χ1n) is 9.92. The number of aryl methyl sites for hydroxylation is 1. The Hall–Kier alpha value is -4.34. The predicted octanol–water partition coefficient (Wildman–Crippen LogP) is 3.10. The third-order valence-corrected chi connectivity index (χ3v) is 5.07. The number of fused-ring (bicyclic) bond motifs is 1. The number of nitro groups is 1. The van der Waals surface area contributed by atoms with Crippen LogP contribution in [0.25, 0.3) is 5.69 Å². The van der Waals surface area contributed by atoms with E-state index in [1.165, 1.54) is 16.8 Å². The van der Waals surface area contributed by atoms with Gasteiger partial charge in [-0.15, -0.1) is 0 Å². The highest BCUT2D eigenvalue weighted by Gasteiger charge is 2.34. The summed E-state index contributed by atoms with van der Waals surface area (Å²) < 4.78 is 1.49. The van der Waals surface area contributed by atoms with Crippen LogP contribution >= 0.6 is 0 Å². The summed E-state index contributed by atoms with van der Waals surface area (Å²) in [6, 6.07) is 14.1. The summed E-state index contributed by atoms with van der Waals surface area (Å²) in [5.74, 6) is -0.581. The molecule has 10 nitrogen and oxygen atoms in total. The fourth-order valence-corrected chi connectivity index (χ4v) is 3.55. The first-order valence-corrected chi connectivity index (χ1v) is 9.92. The van der Waals surface area contributed by atoms with Crippen molar-refractivity contribution in [3.8, 4) is 5.69 Å². The molecule has 3 aromatic rings. The summed E-state index contributed by atoms with van der Waals surface area (Å²) in [4.78, 5) is 48.8. The largest absolute Gasteiger partial charge is 0.311 e. The molecule has 4 rings (SSSR count). The second kappa shape index (κ2) is 8.42. The molecule has 32 heavy (non-hydrogen) atoms. The molecule has 0 saturated carbocycles. The number of amides is 3. The molecule has 1 N–H and O–H groups in total. The highest BCUT2D eigenvalue weighted by Crippen LogP contribution is 2.23. The molecule has 162 valence electrons. The van der Waals surface area contributed by atoms with Crippen molar-refractivity contribution in [2.24, 2.45) is 0 Å². The Morgan fingerprint density at radius 3 is 2.28 bits per heavy atom. The van der Waals surface area contributed by atoms with Crippen molar-refractivity contribution in [3.63, 3.8) is 0 Å². The van der Waals surface area contributed by atoms with Crippen LogP contribution in [0.15, 0.2) is 54.6 Å². The van der Waals surface area contributed by atoms with E-state index in [1.54, 1.807) is 49.4 Å². The first-order chi connectivity index (χ1) is 15.3. The molecule has 0 radical (unpaired) electrons. The number of benzene rings is 2. The van der Waals surface area contributed by atoms with Crippen LogP contribution in [0, 0.1) is 17.0 Å². The average molecular weight is 433 g/mol. The normalized spacial score (nSPS) is 12.7. The van der Waals surface area contributed by atoms with Crippen LogP contribution in [-0.2, 0) is 4.79 Å². The van der Waals surface area contributed by atoms with Gasteiger partial charge >= 0.3 is 0 Å². The zero-order valence-corrected chi connectivity index (χ0v) is 17.1. The lowest BCUT2D eigenvalue weighted by molar-refractivity contribution is -0.384. The maximum Gasteiger partial charge on any atom is 0.269 e. The number of rotatable bonds is 7. The van der Waals surface area contributed by atoms with E-state index in [4.69, 9.17) is 0 Å². The standard InChI is InChI=1S/C22H19N5O5/c1-14-13-19(26(24-14)15-8-10-16(11-9-15)27(31)32)23-20(28)7-4-12-25-21(29)17-5-2-3-6-18(17)22(25)30/h2-3,5-6,8-11,13H,4,7,12H2,1H3,(H,23,28). The van der Waals surface area contributed by atoms with Crippen molar-refractivity contribution in [2.45, 2.75) is 19.8 Å². The Morgan fingerprint density at radius 2 is 1.69 bits per heavy atom. The maximum absolute atomic E-state index is 12.5. The van der Waals surface area contributed by atoms with Gasteiger partial charge in [0.1, 0.15) is 5.82 Å². The van der Waals surface area contributed by atoms with Crippen molar-refractivity contribution in [1.82, 2.24) is 14.7 Å². The molecule has 0 atom stereocenters. The topological polar surface area (TPSA) is 127 Å². The fraction of sp³-hybridized carbons (Fsp3) is 0.182. The Bertz CT molecular complexity index is 1200. The number of carbonyl (C=O) groups excluding carboxylic acids is 3. The van der Waals surface area contributed by atoms with Crippen LogP contribution in [0.1, 0.15) is 39.3 Å². The van der Waals surface area contributed by atoms with E-state index in [0.29, 0.717) is 34.7 Å². The van der Waals surface area contributed by atoms with Gasteiger partial charge in [0.05, 0.1) is 27.4 Å². The van der Waals surface area contributed by atoms with Crippen molar-refractivity contribution in [1.29, 1.82) is 0 Å². The molecule has 0 saturated heterocycles. The third-order valence-electron chi connectivity index (χ3n) is 5.07. The van der Waals surface area contributed by atoms with Crippen LogP contribution in [0.3, 0.4) is 0 Å². The summed E-state index contributed by atoms with van der Waals surface area (Å²) >= 11 is 0. The second-order valence-electron chi connectivity index (χ2n) is 7.32. The van der Waals surface area contributed by atoms with E-state index in [9.17, 15) is 24.5 Å². The van der Waals surface area contributed by atoms with Gasteiger partial charge in [-0.05, 0) is 37.6 Å². The number of aromatic nitrogens is 2. The van der Waals surface area contributed by atoms with E-state index in [0.717, 1.165) is 4.90 Å². The van der Waals surface area contributed by atoms with Gasteiger partial charge in [0.25, 0.3) is 17.5 Å². The lowest BCUT2D eigenvalue weighted by atomic mass is 10.1. The number of non-ortho nitro benzene ring substituents is 1. The van der Waals surface area contributed by atoms with Gasteiger partial charge in [0, 0.05) is 31.2 Å². The maximum atomic E-state index is 12.5. The monoisotopic (exact) mass is 433 g/mol. The number of nitrogens with one attached hydrogen (secondary N) is 1. The van der Waals surface area contributed by atoms with Gasteiger partial charge in [0.2, 0.25) is 5.91 Å². The average Bonchev–Trinajstić information content (AvgIpc) is 3.26. The Kier molecular flexibility index (Phi) is 5.50. The number of hydrogen-bond acceptors (Lipinski definition) is 6. The van der Waals surface area contributed by atoms with Crippen LogP contribution in [0.5, 0.6) is 0 Å². The minimum absolute atomic E-state index is 0.0450. The summed E-state index contributed by atoms with van der Waals surface area (Å²) in [7, 11) is 0. The number of anilines is 1. The van der Waals surface area contributed by atoms with Crippen molar-refractivity contribution in [3.05, 3.63) is 81.5 Å². The summed E-state index contributed by atoms with van der Waals surface area (Å²) in [5.41, 5.74) is 1.93. The van der Waals surface area contributed by atoms with Crippen LogP contribution in [0.2, 0.25) is 0 Å². The zero-order valence-electron chi connectivity index (χ0n) is 17.1. The lowest BCUT2D eigenvalue weighted by Gasteiger charge is -2.13. The van der Waals surface area contributed by atoms with E-state index < -0.39 is 4.92 Å². The van der Waals surface area contributed by atoms with E-state index >= 15 is 0 Å². The number of nitro benzene ring substituents is 1. The molecule has 0 aliphatic carbocycles. The molecule has 0 unspecified atom stereocenters. The first kappa shape index (κ1) is 20.9. The molecule has 3 amide bonds. The minimum atomic E-state index is -0.491. The van der Waals surface area contributed by atoms with Crippen molar-refractivity contribution < 1.29 is 19.3 Å². The van der Waals surface area contributed by atoms with Gasteiger partial charge in [-0.25, -0.2) is 4.68 Å². The molecule has 1 aromatic heterocycles. The van der Waals surface area contributed by atoms with E-state index in [1.807, 2.05) is 0 Å². The van der Waals surface area contributed by atoms with Crippen molar-refractivity contribution >= 4 is 29.2 Å². The minimum Gasteiger partial charge on any atom is -0.311 e. The van der Waals surface area contributed by atoms with Gasteiger partial charge < -0.3 is 5.32 Å².